The Labute approximate surface area is 230 Å². The fourth-order valence-electron chi connectivity index (χ4n) is 4.68. The van der Waals surface area contributed by atoms with E-state index in [1.165, 1.54) is 0 Å². The lowest BCUT2D eigenvalue weighted by molar-refractivity contribution is -0.303. The van der Waals surface area contributed by atoms with E-state index in [0.29, 0.717) is 0 Å². The summed E-state index contributed by atoms with van der Waals surface area (Å²) in [6, 6.07) is -2.51. The van der Waals surface area contributed by atoms with Gasteiger partial charge in [0.05, 0.1) is 48.7 Å². The van der Waals surface area contributed by atoms with Crippen molar-refractivity contribution in [1.29, 1.82) is 0 Å². The van der Waals surface area contributed by atoms with Crippen LogP contribution in [0, 0.1) is 11.8 Å². The zero-order chi connectivity index (χ0) is 29.5. The molecule has 0 spiro atoms. The van der Waals surface area contributed by atoms with Crippen molar-refractivity contribution in [1.82, 2.24) is 10.6 Å². The van der Waals surface area contributed by atoms with Crippen LogP contribution in [0.25, 0.3) is 0 Å². The highest BCUT2D eigenvalue weighted by atomic mass is 16.7. The summed E-state index contributed by atoms with van der Waals surface area (Å²) in [7, 11) is 0. The van der Waals surface area contributed by atoms with Crippen LogP contribution in [-0.2, 0) is 14.2 Å². The summed E-state index contributed by atoms with van der Waals surface area (Å²) in [5, 5.41) is 58.8. The number of urea groups is 1. The molecule has 2 aliphatic rings. The van der Waals surface area contributed by atoms with Crippen molar-refractivity contribution in [2.45, 2.75) is 121 Å². The topological polar surface area (TPSA) is 222 Å². The van der Waals surface area contributed by atoms with E-state index in [0.717, 1.165) is 0 Å². The van der Waals surface area contributed by atoms with Gasteiger partial charge in [-0.25, -0.2) is 4.79 Å². The number of hydrogen-bond acceptors (Lipinski definition) is 11. The van der Waals surface area contributed by atoms with Gasteiger partial charge in [-0.2, -0.15) is 0 Å². The van der Waals surface area contributed by atoms with Crippen molar-refractivity contribution < 1.29 is 44.5 Å². The average molecular weight is 563 g/mol. The summed E-state index contributed by atoms with van der Waals surface area (Å²) in [6.45, 7) is 9.59. The SMILES string of the molecule is CC(C)/C=C/[C@@H](CC1O[C@](O)(C[C@@H](O)C(C)C)CC(O)[C@H]1NC(=O)NCCN)OC1OC(C)C(O)C(N)C1O. The number of rotatable bonds is 12. The molecule has 228 valence electrons. The molecule has 2 aliphatic heterocycles. The minimum atomic E-state index is -1.87. The lowest BCUT2D eigenvalue weighted by atomic mass is 9.86. The number of carbonyl (C=O) groups is 1. The molecule has 2 rings (SSSR count). The fourth-order valence-corrected chi connectivity index (χ4v) is 4.68. The Bertz CT molecular complexity index is 789. The highest BCUT2D eigenvalue weighted by Crippen LogP contribution is 2.35. The Kier molecular flexibility index (Phi) is 13.0. The van der Waals surface area contributed by atoms with Gasteiger partial charge in [-0.15, -0.1) is 0 Å². The monoisotopic (exact) mass is 562 g/mol. The van der Waals surface area contributed by atoms with Crippen molar-refractivity contribution in [3.05, 3.63) is 12.2 Å². The quantitative estimate of drug-likeness (QED) is 0.126. The van der Waals surface area contributed by atoms with Gasteiger partial charge in [0.15, 0.2) is 12.1 Å². The number of aliphatic hydroxyl groups excluding tert-OH is 4. The average Bonchev–Trinajstić information content (AvgIpc) is 2.84. The van der Waals surface area contributed by atoms with Gasteiger partial charge in [-0.1, -0.05) is 39.8 Å². The van der Waals surface area contributed by atoms with Crippen molar-refractivity contribution in [2.24, 2.45) is 23.3 Å². The molecule has 0 aromatic carbocycles. The van der Waals surface area contributed by atoms with E-state index in [-0.39, 0.29) is 44.2 Å². The second kappa shape index (κ2) is 15.0. The Morgan fingerprint density at radius 1 is 1.18 bits per heavy atom. The molecule has 39 heavy (non-hydrogen) atoms. The molecule has 0 radical (unpaired) electrons. The van der Waals surface area contributed by atoms with E-state index in [1.54, 1.807) is 26.8 Å². The third-order valence-corrected chi connectivity index (χ3v) is 7.12. The predicted octanol–water partition coefficient (Wildman–Crippen LogP) is -1.36. The van der Waals surface area contributed by atoms with Crippen LogP contribution in [0.4, 0.5) is 4.79 Å². The van der Waals surface area contributed by atoms with Gasteiger partial charge in [-0.3, -0.25) is 0 Å². The molecule has 2 fully saturated rings. The van der Waals surface area contributed by atoms with Gasteiger partial charge in [0.1, 0.15) is 6.10 Å². The number of nitrogens with two attached hydrogens (primary N) is 2. The summed E-state index contributed by atoms with van der Waals surface area (Å²) in [5.41, 5.74) is 11.4. The second-order valence-corrected chi connectivity index (χ2v) is 11.4. The molecule has 7 unspecified atom stereocenters. The van der Waals surface area contributed by atoms with Crippen LogP contribution < -0.4 is 22.1 Å². The van der Waals surface area contributed by atoms with Crippen LogP contribution in [0.1, 0.15) is 53.9 Å². The van der Waals surface area contributed by atoms with Crippen LogP contribution in [0.3, 0.4) is 0 Å². The standard InChI is InChI=1S/C26H50N4O9/c1-13(2)6-7-16(38-24-23(34)20(28)22(33)15(5)37-24)10-19-21(30-25(35)29-9-8-27)18(32)12-26(36,39-19)11-17(31)14(3)4/h6-7,13-24,31-34,36H,8-12,27-28H2,1-5H3,(H2,29,30,35)/b7-6+/t15?,16-,17+,18?,19?,20?,21+,22?,23?,24?,26+/m0/s1. The fraction of sp³-hybridized carbons (Fsp3) is 0.885. The molecule has 2 heterocycles. The number of hydrogen-bond donors (Lipinski definition) is 9. The molecule has 2 saturated heterocycles. The summed E-state index contributed by atoms with van der Waals surface area (Å²) in [5.74, 6) is -1.89. The van der Waals surface area contributed by atoms with Crippen molar-refractivity contribution >= 4 is 6.03 Å². The molecular formula is C26H50N4O9. The molecule has 11 atom stereocenters. The molecule has 0 aliphatic carbocycles. The number of aliphatic hydroxyl groups is 5. The van der Waals surface area contributed by atoms with Crippen LogP contribution in [-0.4, -0.2) is 112 Å². The highest BCUT2D eigenvalue weighted by Gasteiger charge is 2.49. The highest BCUT2D eigenvalue weighted by molar-refractivity contribution is 5.74. The van der Waals surface area contributed by atoms with Crippen LogP contribution in [0.2, 0.25) is 0 Å². The first kappa shape index (κ1) is 33.8. The lowest BCUT2D eigenvalue weighted by Crippen LogP contribution is -2.64. The number of allylic oxidation sites excluding steroid dienone is 1. The van der Waals surface area contributed by atoms with Gasteiger partial charge in [0.2, 0.25) is 0 Å². The Balaban J connectivity index is 2.33. The zero-order valence-electron chi connectivity index (χ0n) is 23.6. The van der Waals surface area contributed by atoms with Gasteiger partial charge < -0.3 is 61.8 Å². The normalized spacial score (nSPS) is 37.3. The van der Waals surface area contributed by atoms with Crippen molar-refractivity contribution in [3.63, 3.8) is 0 Å². The molecule has 11 N–H and O–H groups in total. The number of ether oxygens (including phenoxy) is 3. The Hall–Kier alpha value is -1.39. The van der Waals surface area contributed by atoms with Crippen LogP contribution in [0.5, 0.6) is 0 Å². The summed E-state index contributed by atoms with van der Waals surface area (Å²) in [6.07, 6.45) is -4.85. The summed E-state index contributed by atoms with van der Waals surface area (Å²) >= 11 is 0. The van der Waals surface area contributed by atoms with Gasteiger partial charge in [0.25, 0.3) is 0 Å². The smallest absolute Gasteiger partial charge is 0.315 e. The Morgan fingerprint density at radius 3 is 2.44 bits per heavy atom. The Morgan fingerprint density at radius 2 is 1.85 bits per heavy atom. The molecule has 0 aromatic heterocycles. The molecule has 13 heteroatoms. The summed E-state index contributed by atoms with van der Waals surface area (Å²) < 4.78 is 17.9. The predicted molar refractivity (Wildman–Crippen MR) is 143 cm³/mol. The minimum Gasteiger partial charge on any atom is -0.393 e. The van der Waals surface area contributed by atoms with Crippen LogP contribution >= 0.6 is 0 Å². The molecule has 0 aromatic rings. The van der Waals surface area contributed by atoms with Crippen molar-refractivity contribution in [2.75, 3.05) is 13.1 Å². The zero-order valence-corrected chi connectivity index (χ0v) is 23.6. The van der Waals surface area contributed by atoms with Gasteiger partial charge in [0, 0.05) is 32.4 Å². The van der Waals surface area contributed by atoms with E-state index in [2.05, 4.69) is 10.6 Å². The first-order valence-corrected chi connectivity index (χ1v) is 13.8. The molecule has 13 nitrogen and oxygen atoms in total. The van der Waals surface area contributed by atoms with Gasteiger partial charge in [-0.05, 0) is 18.8 Å². The van der Waals surface area contributed by atoms with Crippen LogP contribution in [0.15, 0.2) is 12.2 Å². The van der Waals surface area contributed by atoms with E-state index >= 15 is 0 Å². The molecule has 0 saturated carbocycles. The van der Waals surface area contributed by atoms with Gasteiger partial charge >= 0.3 is 6.03 Å². The van der Waals surface area contributed by atoms with E-state index < -0.39 is 72.9 Å². The van der Waals surface area contributed by atoms with E-state index in [1.807, 2.05) is 19.9 Å². The second-order valence-electron chi connectivity index (χ2n) is 11.4. The third kappa shape index (κ3) is 9.88. The maximum absolute atomic E-state index is 12.5. The molecule has 0 bridgehead atoms. The lowest BCUT2D eigenvalue weighted by Gasteiger charge is -2.46. The maximum Gasteiger partial charge on any atom is 0.315 e. The molecule has 2 amide bonds. The molecular weight excluding hydrogens is 512 g/mol. The third-order valence-electron chi connectivity index (χ3n) is 7.12. The maximum atomic E-state index is 12.5. The van der Waals surface area contributed by atoms with E-state index in [4.69, 9.17) is 25.7 Å². The first-order chi connectivity index (χ1) is 18.2. The number of amides is 2. The minimum absolute atomic E-state index is 0.0287. The van der Waals surface area contributed by atoms with Crippen molar-refractivity contribution in [3.8, 4) is 0 Å². The first-order valence-electron chi connectivity index (χ1n) is 13.8. The number of carbonyl (C=O) groups excluding carboxylic acids is 1. The number of nitrogens with one attached hydrogen (secondary N) is 2. The van der Waals surface area contributed by atoms with E-state index in [9.17, 15) is 30.3 Å². The summed E-state index contributed by atoms with van der Waals surface area (Å²) in [4.78, 5) is 12.5. The largest absolute Gasteiger partial charge is 0.393 e.